The molecule has 0 fully saturated rings. The van der Waals surface area contributed by atoms with Gasteiger partial charge in [0.05, 0.1) is 0 Å². The molecule has 1 rings (SSSR count). The number of rotatable bonds is 3. The van der Waals surface area contributed by atoms with E-state index in [1.54, 1.807) is 11.3 Å². The molecular formula is C6H8OPS2-. The molecule has 0 spiro atoms. The van der Waals surface area contributed by atoms with Crippen LogP contribution in [-0.2, 0) is 21.6 Å². The number of thiol groups is 1. The average Bonchev–Trinajstić information content (AvgIpc) is 2.41. The van der Waals surface area contributed by atoms with E-state index >= 15 is 0 Å². The Hall–Kier alpha value is 0.440. The van der Waals surface area contributed by atoms with Gasteiger partial charge in [0.2, 0.25) is 0 Å². The zero-order valence-electron chi connectivity index (χ0n) is 5.36. The fraction of sp³-hybridized carbons (Fsp3) is 0.333. The van der Waals surface area contributed by atoms with Gasteiger partial charge in [0.25, 0.3) is 0 Å². The Labute approximate surface area is 70.1 Å². The van der Waals surface area contributed by atoms with Crippen molar-refractivity contribution in [3.8, 4) is 0 Å². The second kappa shape index (κ2) is 5.14. The monoisotopic (exact) mass is 191 g/mol. The second-order valence-electron chi connectivity index (χ2n) is 1.74. The van der Waals surface area contributed by atoms with Crippen molar-refractivity contribution in [3.05, 3.63) is 22.4 Å². The Kier molecular flexibility index (Phi) is 4.39. The van der Waals surface area contributed by atoms with Gasteiger partial charge in [0.1, 0.15) is 0 Å². The molecule has 56 valence electrons. The predicted octanol–water partition coefficient (Wildman–Crippen LogP) is 2.36. The summed E-state index contributed by atoms with van der Waals surface area (Å²) in [4.78, 5) is 1.37. The molecule has 0 aromatic carbocycles. The first-order valence-corrected chi connectivity index (χ1v) is 5.76. The number of hydrogen-bond acceptors (Lipinski definition) is 3. The van der Waals surface area contributed by atoms with Gasteiger partial charge in [-0.2, -0.15) is 0 Å². The third-order valence-corrected chi connectivity index (χ3v) is 2.66. The minimum atomic E-state index is 0.720. The molecule has 0 unspecified atom stereocenters. The van der Waals surface area contributed by atoms with Crippen molar-refractivity contribution in [3.63, 3.8) is 0 Å². The van der Waals surface area contributed by atoms with Gasteiger partial charge in [-0.05, 0) is 0 Å². The summed E-state index contributed by atoms with van der Waals surface area (Å²) >= 11 is 2.49. The van der Waals surface area contributed by atoms with Gasteiger partial charge >= 0.3 is 69.8 Å². The van der Waals surface area contributed by atoms with Crippen LogP contribution in [0, 0.1) is 0 Å². The van der Waals surface area contributed by atoms with E-state index in [1.807, 2.05) is 0 Å². The zero-order valence-corrected chi connectivity index (χ0v) is 7.96. The van der Waals surface area contributed by atoms with Crippen LogP contribution in [0.3, 0.4) is 0 Å². The zero-order chi connectivity index (χ0) is 7.23. The van der Waals surface area contributed by atoms with Gasteiger partial charge in [-0.15, -0.1) is 0 Å². The van der Waals surface area contributed by atoms with Gasteiger partial charge in [0, 0.05) is 0 Å². The summed E-state index contributed by atoms with van der Waals surface area (Å²) in [5, 5.41) is 2.08. The molecule has 0 amide bonds. The Bertz CT molecular complexity index is 214. The molecular weight excluding hydrogens is 183 g/mol. The molecule has 0 bridgehead atoms. The molecule has 1 nitrogen and oxygen atoms in total. The maximum atomic E-state index is 5.05. The van der Waals surface area contributed by atoms with Crippen LogP contribution in [0.15, 0.2) is 17.5 Å². The molecule has 0 aliphatic carbocycles. The first-order chi connectivity index (χ1) is 4.93. The summed E-state index contributed by atoms with van der Waals surface area (Å²) in [6, 6.07) is 4.17. The van der Waals surface area contributed by atoms with Crippen molar-refractivity contribution in [1.82, 2.24) is 0 Å². The third-order valence-electron chi connectivity index (χ3n) is 1.08. The Balaban J connectivity index is 2.23. The van der Waals surface area contributed by atoms with E-state index in [0.717, 1.165) is 24.0 Å². The summed E-state index contributed by atoms with van der Waals surface area (Å²) in [5.74, 6) is 0. The molecule has 0 aliphatic heterocycles. The van der Waals surface area contributed by atoms with Crippen LogP contribution in [0.1, 0.15) is 4.88 Å². The first kappa shape index (κ1) is 8.54. The van der Waals surface area contributed by atoms with Crippen LogP contribution in [0.25, 0.3) is 0 Å². The maximum absolute atomic E-state index is 5.05. The standard InChI is InChI=1S/C6H8OPS2/c8-10-7-4-3-6-2-1-5-9-6/h1-2,5,10H,3-4H2/q-1. The van der Waals surface area contributed by atoms with Gasteiger partial charge in [-0.1, -0.05) is 0 Å². The quantitative estimate of drug-likeness (QED) is 0.308. The van der Waals surface area contributed by atoms with Crippen LogP contribution >= 0.6 is 19.2 Å². The molecule has 1 aromatic rings. The van der Waals surface area contributed by atoms with Crippen LogP contribution < -0.4 is 0 Å². The fourth-order valence-electron chi connectivity index (χ4n) is 0.642. The number of thiophene rings is 1. The van der Waals surface area contributed by atoms with Crippen molar-refractivity contribution in [2.45, 2.75) is 6.42 Å². The third kappa shape index (κ3) is 3.02. The molecule has 0 atom stereocenters. The van der Waals surface area contributed by atoms with Gasteiger partial charge < -0.3 is 0 Å². The summed E-state index contributed by atoms with van der Waals surface area (Å²) < 4.78 is 5.05. The molecule has 0 saturated carbocycles. The fourth-order valence-corrected chi connectivity index (χ4v) is 1.75. The topological polar surface area (TPSA) is 9.23 Å². The minimum absolute atomic E-state index is 0.720. The Morgan fingerprint density at radius 3 is 3.20 bits per heavy atom. The SMILES string of the molecule is P#[SH-]OCCc1cccs1. The van der Waals surface area contributed by atoms with Crippen LogP contribution in [0.2, 0.25) is 0 Å². The molecule has 1 heterocycles. The van der Waals surface area contributed by atoms with E-state index in [2.05, 4.69) is 25.3 Å². The van der Waals surface area contributed by atoms with Gasteiger partial charge in [0.15, 0.2) is 0 Å². The summed E-state index contributed by atoms with van der Waals surface area (Å²) in [7, 11) is 3.91. The normalized spacial score (nSPS) is 9.90. The van der Waals surface area contributed by atoms with E-state index in [9.17, 15) is 0 Å². The van der Waals surface area contributed by atoms with Crippen molar-refractivity contribution < 1.29 is 4.18 Å². The Morgan fingerprint density at radius 2 is 2.60 bits per heavy atom. The molecule has 0 N–H and O–H groups in total. The molecule has 0 aliphatic rings. The summed E-state index contributed by atoms with van der Waals surface area (Å²) in [6.45, 7) is 0.769. The molecule has 1 aromatic heterocycles. The first-order valence-electron chi connectivity index (χ1n) is 2.92. The second-order valence-corrected chi connectivity index (χ2v) is 3.69. The van der Waals surface area contributed by atoms with E-state index in [1.165, 1.54) is 4.88 Å². The molecule has 4 heteroatoms. The average molecular weight is 191 g/mol. The van der Waals surface area contributed by atoms with Crippen LogP contribution in [0.4, 0.5) is 0 Å². The summed E-state index contributed by atoms with van der Waals surface area (Å²) in [5.41, 5.74) is 0. The van der Waals surface area contributed by atoms with Crippen LogP contribution in [0.5, 0.6) is 0 Å². The van der Waals surface area contributed by atoms with Gasteiger partial charge in [-0.3, -0.25) is 0 Å². The molecule has 10 heavy (non-hydrogen) atoms. The van der Waals surface area contributed by atoms with Crippen molar-refractivity contribution in [1.29, 1.82) is 0 Å². The van der Waals surface area contributed by atoms with E-state index < -0.39 is 0 Å². The van der Waals surface area contributed by atoms with E-state index in [4.69, 9.17) is 4.18 Å². The van der Waals surface area contributed by atoms with Gasteiger partial charge in [-0.25, -0.2) is 0 Å². The summed E-state index contributed by atoms with van der Waals surface area (Å²) in [6.07, 6.45) is 1.01. The Morgan fingerprint density at radius 1 is 1.70 bits per heavy atom. The number of hydrogen-bond donors (Lipinski definition) is 0. The van der Waals surface area contributed by atoms with E-state index in [0.29, 0.717) is 0 Å². The predicted molar refractivity (Wildman–Crippen MR) is 49.7 cm³/mol. The van der Waals surface area contributed by atoms with Crippen molar-refractivity contribution >= 4 is 30.2 Å². The van der Waals surface area contributed by atoms with Crippen LogP contribution in [-0.4, -0.2) is 6.61 Å². The van der Waals surface area contributed by atoms with Crippen molar-refractivity contribution in [2.24, 2.45) is 0 Å². The molecule has 0 saturated heterocycles. The molecule has 0 radical (unpaired) electrons. The van der Waals surface area contributed by atoms with Crippen molar-refractivity contribution in [2.75, 3.05) is 6.61 Å². The van der Waals surface area contributed by atoms with E-state index in [-0.39, 0.29) is 0 Å².